The SMILES string of the molecule is CC(C)c1cc2c(cn1)OC(=O)C(C(C)C)C2=O. The molecule has 0 fully saturated rings. The Hall–Kier alpha value is -1.71. The summed E-state index contributed by atoms with van der Waals surface area (Å²) in [6.07, 6.45) is 1.47. The second kappa shape index (κ2) is 4.52. The van der Waals surface area contributed by atoms with Gasteiger partial charge >= 0.3 is 5.97 Å². The summed E-state index contributed by atoms with van der Waals surface area (Å²) in [5, 5.41) is 0. The fraction of sp³-hybridized carbons (Fsp3) is 0.500. The van der Waals surface area contributed by atoms with Crippen LogP contribution < -0.4 is 4.74 Å². The van der Waals surface area contributed by atoms with Gasteiger partial charge in [-0.3, -0.25) is 14.6 Å². The van der Waals surface area contributed by atoms with E-state index in [9.17, 15) is 9.59 Å². The molecular weight excluding hydrogens is 230 g/mol. The van der Waals surface area contributed by atoms with E-state index in [1.807, 2.05) is 27.7 Å². The molecule has 2 heterocycles. The van der Waals surface area contributed by atoms with Gasteiger partial charge in [0.05, 0.1) is 11.8 Å². The van der Waals surface area contributed by atoms with E-state index in [0.717, 1.165) is 5.69 Å². The highest BCUT2D eigenvalue weighted by molar-refractivity contribution is 6.13. The molecule has 0 amide bonds. The minimum absolute atomic E-state index is 0.0613. The molecule has 1 atom stereocenters. The van der Waals surface area contributed by atoms with Crippen LogP contribution in [0.25, 0.3) is 0 Å². The number of aromatic nitrogens is 1. The highest BCUT2D eigenvalue weighted by Crippen LogP contribution is 2.32. The molecule has 0 bridgehead atoms. The molecule has 0 saturated heterocycles. The van der Waals surface area contributed by atoms with E-state index in [2.05, 4.69) is 4.98 Å². The van der Waals surface area contributed by atoms with Crippen LogP contribution in [0.4, 0.5) is 0 Å². The molecule has 0 N–H and O–H groups in total. The number of carbonyl (C=O) groups is 2. The number of hydrogen-bond acceptors (Lipinski definition) is 4. The maximum absolute atomic E-state index is 12.3. The van der Waals surface area contributed by atoms with Gasteiger partial charge in [0.15, 0.2) is 11.5 Å². The van der Waals surface area contributed by atoms with Crippen molar-refractivity contribution >= 4 is 11.8 Å². The lowest BCUT2D eigenvalue weighted by Crippen LogP contribution is -2.37. The third kappa shape index (κ3) is 2.03. The lowest BCUT2D eigenvalue weighted by atomic mass is 9.86. The summed E-state index contributed by atoms with van der Waals surface area (Å²) in [7, 11) is 0. The van der Waals surface area contributed by atoms with Gasteiger partial charge in [0.2, 0.25) is 0 Å². The molecular formula is C14H17NO3. The van der Waals surface area contributed by atoms with Crippen LogP contribution in [0.5, 0.6) is 5.75 Å². The summed E-state index contributed by atoms with van der Waals surface area (Å²) in [6, 6.07) is 1.74. The molecule has 4 heteroatoms. The summed E-state index contributed by atoms with van der Waals surface area (Å²) in [5.74, 6) is -0.861. The molecule has 0 aliphatic carbocycles. The highest BCUT2D eigenvalue weighted by atomic mass is 16.5. The van der Waals surface area contributed by atoms with E-state index in [1.165, 1.54) is 6.20 Å². The third-order valence-electron chi connectivity index (χ3n) is 3.16. The van der Waals surface area contributed by atoms with Gasteiger partial charge in [0.1, 0.15) is 5.92 Å². The van der Waals surface area contributed by atoms with E-state index in [0.29, 0.717) is 5.56 Å². The van der Waals surface area contributed by atoms with Crippen molar-refractivity contribution in [2.24, 2.45) is 11.8 Å². The Morgan fingerprint density at radius 1 is 1.22 bits per heavy atom. The van der Waals surface area contributed by atoms with Crippen LogP contribution in [-0.4, -0.2) is 16.7 Å². The van der Waals surface area contributed by atoms with E-state index >= 15 is 0 Å². The first-order valence-electron chi connectivity index (χ1n) is 6.17. The minimum Gasteiger partial charge on any atom is -0.424 e. The zero-order valence-corrected chi connectivity index (χ0v) is 11.1. The number of esters is 1. The summed E-state index contributed by atoms with van der Waals surface area (Å²) < 4.78 is 5.19. The number of ketones is 1. The van der Waals surface area contributed by atoms with Gasteiger partial charge in [-0.15, -0.1) is 0 Å². The Morgan fingerprint density at radius 3 is 2.44 bits per heavy atom. The molecule has 96 valence electrons. The zero-order valence-electron chi connectivity index (χ0n) is 11.1. The normalized spacial score (nSPS) is 19.1. The molecule has 4 nitrogen and oxygen atoms in total. The number of hydrogen-bond donors (Lipinski definition) is 0. The van der Waals surface area contributed by atoms with Crippen LogP contribution in [0.2, 0.25) is 0 Å². The van der Waals surface area contributed by atoms with Crippen LogP contribution in [0.1, 0.15) is 49.7 Å². The lowest BCUT2D eigenvalue weighted by Gasteiger charge is -2.24. The number of fused-ring (bicyclic) bond motifs is 1. The first-order valence-corrected chi connectivity index (χ1v) is 6.17. The third-order valence-corrected chi connectivity index (χ3v) is 3.16. The molecule has 18 heavy (non-hydrogen) atoms. The van der Waals surface area contributed by atoms with Crippen molar-refractivity contribution in [1.82, 2.24) is 4.98 Å². The predicted octanol–water partition coefficient (Wildman–Crippen LogP) is 2.58. The molecule has 0 aromatic carbocycles. The Balaban J connectivity index is 2.48. The van der Waals surface area contributed by atoms with Crippen LogP contribution in [-0.2, 0) is 4.79 Å². The van der Waals surface area contributed by atoms with Gasteiger partial charge in [-0.2, -0.15) is 0 Å². The van der Waals surface area contributed by atoms with Crippen LogP contribution in [0, 0.1) is 11.8 Å². The second-order valence-corrected chi connectivity index (χ2v) is 5.27. The molecule has 1 aliphatic heterocycles. The Labute approximate surface area is 106 Å². The van der Waals surface area contributed by atoms with Crippen molar-refractivity contribution in [3.63, 3.8) is 0 Å². The molecule has 0 spiro atoms. The molecule has 1 aromatic rings. The number of pyridine rings is 1. The standard InChI is InChI=1S/C14H17NO3/c1-7(2)10-5-9-11(6-15-10)18-14(17)12(8(3)4)13(9)16/h5-8,12H,1-4H3. The topological polar surface area (TPSA) is 56.3 Å². The largest absolute Gasteiger partial charge is 0.424 e. The van der Waals surface area contributed by atoms with Gasteiger partial charge in [-0.05, 0) is 17.9 Å². The van der Waals surface area contributed by atoms with Gasteiger partial charge in [0, 0.05) is 5.69 Å². The van der Waals surface area contributed by atoms with Crippen molar-refractivity contribution in [1.29, 1.82) is 0 Å². The van der Waals surface area contributed by atoms with E-state index in [-0.39, 0.29) is 23.4 Å². The monoisotopic (exact) mass is 247 g/mol. The predicted molar refractivity (Wildman–Crippen MR) is 66.6 cm³/mol. The minimum atomic E-state index is -0.695. The van der Waals surface area contributed by atoms with Crippen molar-refractivity contribution in [3.05, 3.63) is 23.5 Å². The first kappa shape index (κ1) is 12.7. The Kier molecular flexibility index (Phi) is 3.20. The number of carbonyl (C=O) groups excluding carboxylic acids is 2. The van der Waals surface area contributed by atoms with E-state index in [1.54, 1.807) is 6.07 Å². The van der Waals surface area contributed by atoms with Gasteiger partial charge in [-0.25, -0.2) is 0 Å². The van der Waals surface area contributed by atoms with E-state index < -0.39 is 11.9 Å². The van der Waals surface area contributed by atoms with Gasteiger partial charge < -0.3 is 4.74 Å². The summed E-state index contributed by atoms with van der Waals surface area (Å²) in [5.41, 5.74) is 1.31. The zero-order chi connectivity index (χ0) is 13.4. The Bertz CT molecular complexity index is 506. The van der Waals surface area contributed by atoms with Gasteiger partial charge in [-0.1, -0.05) is 27.7 Å². The molecule has 1 aromatic heterocycles. The lowest BCUT2D eigenvalue weighted by molar-refractivity contribution is -0.139. The molecule has 2 rings (SSSR count). The number of Topliss-reactive ketones (excluding diaryl/α,β-unsaturated/α-hetero) is 1. The first-order chi connectivity index (χ1) is 8.41. The quantitative estimate of drug-likeness (QED) is 0.595. The maximum Gasteiger partial charge on any atom is 0.322 e. The van der Waals surface area contributed by atoms with Crippen molar-refractivity contribution < 1.29 is 14.3 Å². The van der Waals surface area contributed by atoms with Crippen molar-refractivity contribution in [3.8, 4) is 5.75 Å². The molecule has 1 unspecified atom stereocenters. The van der Waals surface area contributed by atoms with Crippen LogP contribution in [0.3, 0.4) is 0 Å². The number of rotatable bonds is 2. The fourth-order valence-corrected chi connectivity index (χ4v) is 2.07. The molecule has 0 saturated carbocycles. The number of ether oxygens (including phenoxy) is 1. The summed E-state index contributed by atoms with van der Waals surface area (Å²) >= 11 is 0. The molecule has 0 radical (unpaired) electrons. The highest BCUT2D eigenvalue weighted by Gasteiger charge is 2.38. The summed E-state index contributed by atoms with van der Waals surface area (Å²) in [4.78, 5) is 28.3. The average molecular weight is 247 g/mol. The molecule has 1 aliphatic rings. The number of nitrogens with zero attached hydrogens (tertiary/aromatic N) is 1. The average Bonchev–Trinajstić information content (AvgIpc) is 2.27. The Morgan fingerprint density at radius 2 is 1.89 bits per heavy atom. The van der Waals surface area contributed by atoms with Crippen LogP contribution >= 0.6 is 0 Å². The summed E-state index contributed by atoms with van der Waals surface area (Å²) in [6.45, 7) is 7.71. The van der Waals surface area contributed by atoms with Gasteiger partial charge in [0.25, 0.3) is 0 Å². The van der Waals surface area contributed by atoms with Crippen molar-refractivity contribution in [2.75, 3.05) is 0 Å². The maximum atomic E-state index is 12.3. The van der Waals surface area contributed by atoms with E-state index in [4.69, 9.17) is 4.74 Å². The van der Waals surface area contributed by atoms with Crippen molar-refractivity contribution in [2.45, 2.75) is 33.6 Å². The second-order valence-electron chi connectivity index (χ2n) is 5.27. The van der Waals surface area contributed by atoms with Crippen LogP contribution in [0.15, 0.2) is 12.3 Å². The fourth-order valence-electron chi connectivity index (χ4n) is 2.07. The smallest absolute Gasteiger partial charge is 0.322 e.